The van der Waals surface area contributed by atoms with E-state index in [1.165, 1.54) is 14.2 Å². The van der Waals surface area contributed by atoms with E-state index in [9.17, 15) is 4.79 Å². The van der Waals surface area contributed by atoms with Crippen LogP contribution in [0.1, 0.15) is 6.92 Å². The fourth-order valence-corrected chi connectivity index (χ4v) is 3.38. The van der Waals surface area contributed by atoms with Gasteiger partial charge in [-0.25, -0.2) is 9.97 Å². The number of methoxy groups -OCH3 is 2. The molecule has 0 aliphatic heterocycles. The Labute approximate surface area is 176 Å². The molecule has 0 spiro atoms. The molecule has 3 N–H and O–H groups in total. The molecule has 0 aromatic carbocycles. The van der Waals surface area contributed by atoms with E-state index in [0.29, 0.717) is 27.8 Å². The molecule has 4 rings (SSSR count). The summed E-state index contributed by atoms with van der Waals surface area (Å²) < 4.78 is 18.2. The first kappa shape index (κ1) is 20.0. The number of amides is 1. The summed E-state index contributed by atoms with van der Waals surface area (Å²) in [6, 6.07) is 5.45. The van der Waals surface area contributed by atoms with Crippen LogP contribution in [0.5, 0.6) is 11.6 Å². The number of halogens is 1. The van der Waals surface area contributed by atoms with Crippen LogP contribution >= 0.6 is 11.6 Å². The minimum absolute atomic E-state index is 0.0943. The van der Waals surface area contributed by atoms with Gasteiger partial charge in [0, 0.05) is 29.4 Å². The highest BCUT2D eigenvalue weighted by Gasteiger charge is 2.19. The lowest BCUT2D eigenvalue weighted by molar-refractivity contribution is -0.130. The summed E-state index contributed by atoms with van der Waals surface area (Å²) in [6.45, 7) is 1.69. The molecular formula is C20H20ClN5O4. The van der Waals surface area contributed by atoms with Crippen molar-refractivity contribution in [3.05, 3.63) is 35.6 Å². The fourth-order valence-electron chi connectivity index (χ4n) is 3.18. The fraction of sp³-hybridized carbons (Fsp3) is 0.250. The number of nitrogens with one attached hydrogen (secondary N) is 1. The molecule has 4 heterocycles. The molecule has 0 saturated carbocycles. The highest BCUT2D eigenvalue weighted by molar-refractivity contribution is 6.35. The van der Waals surface area contributed by atoms with E-state index in [0.717, 1.165) is 22.2 Å². The van der Waals surface area contributed by atoms with Crippen molar-refractivity contribution in [2.75, 3.05) is 14.2 Å². The molecule has 9 nitrogen and oxygen atoms in total. The van der Waals surface area contributed by atoms with E-state index in [-0.39, 0.29) is 6.73 Å². The standard InChI is InChI=1S/C20H20ClN5O4/c1-10(18(22)27)30-9-26-8-12(14-6-11-13(21)4-5-23-19(11)24-14)17-15(26)7-16(28-2)20(25-17)29-3/h4-8,10H,9H2,1-3H3,(H2,22,27)(H,23,24). The monoisotopic (exact) mass is 429 g/mol. The quantitative estimate of drug-likeness (QED) is 0.466. The van der Waals surface area contributed by atoms with Crippen molar-refractivity contribution in [3.8, 4) is 22.9 Å². The normalized spacial score (nSPS) is 12.4. The van der Waals surface area contributed by atoms with Crippen LogP contribution in [-0.4, -0.2) is 45.7 Å². The number of pyridine rings is 2. The van der Waals surface area contributed by atoms with Gasteiger partial charge in [0.05, 0.1) is 30.5 Å². The molecule has 30 heavy (non-hydrogen) atoms. The molecule has 0 fully saturated rings. The zero-order chi connectivity index (χ0) is 21.4. The molecule has 0 saturated heterocycles. The number of ether oxygens (including phenoxy) is 3. The van der Waals surface area contributed by atoms with Gasteiger partial charge < -0.3 is 29.5 Å². The van der Waals surface area contributed by atoms with Crippen LogP contribution in [0.2, 0.25) is 5.02 Å². The van der Waals surface area contributed by atoms with Crippen molar-refractivity contribution in [1.82, 2.24) is 19.5 Å². The number of aromatic amines is 1. The van der Waals surface area contributed by atoms with Gasteiger partial charge in [0.15, 0.2) is 5.75 Å². The zero-order valence-electron chi connectivity index (χ0n) is 16.6. The van der Waals surface area contributed by atoms with Crippen molar-refractivity contribution in [2.45, 2.75) is 19.8 Å². The van der Waals surface area contributed by atoms with Crippen LogP contribution in [0.3, 0.4) is 0 Å². The summed E-state index contributed by atoms with van der Waals surface area (Å²) >= 11 is 6.30. The first-order valence-electron chi connectivity index (χ1n) is 9.09. The Hall–Kier alpha value is -3.30. The highest BCUT2D eigenvalue weighted by Crippen LogP contribution is 2.37. The van der Waals surface area contributed by atoms with E-state index >= 15 is 0 Å². The van der Waals surface area contributed by atoms with Crippen LogP contribution in [0.4, 0.5) is 0 Å². The molecule has 0 bridgehead atoms. The first-order chi connectivity index (χ1) is 14.4. The average molecular weight is 430 g/mol. The predicted octanol–water partition coefficient (Wildman–Crippen LogP) is 3.10. The number of nitrogens with zero attached hydrogens (tertiary/aromatic N) is 3. The number of hydrogen-bond acceptors (Lipinski definition) is 6. The van der Waals surface area contributed by atoms with Gasteiger partial charge >= 0.3 is 0 Å². The molecule has 4 aromatic rings. The molecule has 1 amide bonds. The summed E-state index contributed by atoms with van der Waals surface area (Å²) in [5.74, 6) is 0.281. The van der Waals surface area contributed by atoms with Crippen LogP contribution in [0.15, 0.2) is 30.6 Å². The molecule has 1 atom stereocenters. The molecule has 1 unspecified atom stereocenters. The Balaban J connectivity index is 1.89. The van der Waals surface area contributed by atoms with E-state index in [2.05, 4.69) is 15.0 Å². The Morgan fingerprint density at radius 3 is 2.80 bits per heavy atom. The number of primary amides is 1. The van der Waals surface area contributed by atoms with Gasteiger partial charge in [0.1, 0.15) is 24.0 Å². The van der Waals surface area contributed by atoms with Crippen LogP contribution in [0, 0.1) is 0 Å². The topological polar surface area (TPSA) is 117 Å². The Kier molecular flexibility index (Phi) is 5.23. The molecule has 4 aromatic heterocycles. The van der Waals surface area contributed by atoms with E-state index < -0.39 is 12.0 Å². The number of carbonyl (C=O) groups excluding carboxylic acids is 1. The predicted molar refractivity (Wildman–Crippen MR) is 113 cm³/mol. The Morgan fingerprint density at radius 2 is 2.13 bits per heavy atom. The lowest BCUT2D eigenvalue weighted by Gasteiger charge is -2.12. The summed E-state index contributed by atoms with van der Waals surface area (Å²) in [5.41, 5.74) is 8.92. The van der Waals surface area contributed by atoms with E-state index in [1.807, 2.05) is 16.8 Å². The number of carbonyl (C=O) groups is 1. The van der Waals surface area contributed by atoms with E-state index in [4.69, 9.17) is 31.5 Å². The summed E-state index contributed by atoms with van der Waals surface area (Å²) in [4.78, 5) is 23.6. The second-order valence-electron chi connectivity index (χ2n) is 6.66. The van der Waals surface area contributed by atoms with Gasteiger partial charge in [-0.05, 0) is 19.1 Å². The van der Waals surface area contributed by atoms with Gasteiger partial charge in [0.25, 0.3) is 5.88 Å². The molecule has 156 valence electrons. The summed E-state index contributed by atoms with van der Waals surface area (Å²) in [7, 11) is 3.06. The van der Waals surface area contributed by atoms with E-state index in [1.54, 1.807) is 25.3 Å². The second-order valence-corrected chi connectivity index (χ2v) is 7.07. The van der Waals surface area contributed by atoms with Crippen molar-refractivity contribution < 1.29 is 19.0 Å². The maximum atomic E-state index is 11.3. The third-order valence-electron chi connectivity index (χ3n) is 4.83. The van der Waals surface area contributed by atoms with Crippen molar-refractivity contribution >= 4 is 39.6 Å². The van der Waals surface area contributed by atoms with Crippen molar-refractivity contribution in [1.29, 1.82) is 0 Å². The highest BCUT2D eigenvalue weighted by atomic mass is 35.5. The lowest BCUT2D eigenvalue weighted by atomic mass is 10.2. The largest absolute Gasteiger partial charge is 0.491 e. The van der Waals surface area contributed by atoms with Crippen LogP contribution in [0.25, 0.3) is 33.3 Å². The molecule has 10 heteroatoms. The van der Waals surface area contributed by atoms with Gasteiger partial charge in [-0.2, -0.15) is 0 Å². The van der Waals surface area contributed by atoms with Gasteiger partial charge in [0.2, 0.25) is 5.91 Å². The van der Waals surface area contributed by atoms with Gasteiger partial charge in [-0.3, -0.25) is 4.79 Å². The number of rotatable bonds is 7. The summed E-state index contributed by atoms with van der Waals surface area (Å²) in [5, 5.41) is 1.39. The summed E-state index contributed by atoms with van der Waals surface area (Å²) in [6.07, 6.45) is 2.76. The first-order valence-corrected chi connectivity index (χ1v) is 9.47. The molecule has 0 aliphatic carbocycles. The molecule has 0 radical (unpaired) electrons. The van der Waals surface area contributed by atoms with Crippen molar-refractivity contribution in [2.24, 2.45) is 5.73 Å². The van der Waals surface area contributed by atoms with Gasteiger partial charge in [-0.1, -0.05) is 11.6 Å². The minimum atomic E-state index is -0.741. The number of hydrogen-bond donors (Lipinski definition) is 2. The molecular weight excluding hydrogens is 410 g/mol. The number of fused-ring (bicyclic) bond motifs is 2. The number of nitrogens with two attached hydrogens (primary N) is 1. The van der Waals surface area contributed by atoms with Crippen LogP contribution < -0.4 is 15.2 Å². The van der Waals surface area contributed by atoms with Crippen LogP contribution in [-0.2, 0) is 16.3 Å². The van der Waals surface area contributed by atoms with Crippen molar-refractivity contribution in [3.63, 3.8) is 0 Å². The smallest absolute Gasteiger partial charge is 0.257 e. The zero-order valence-corrected chi connectivity index (χ0v) is 17.4. The second kappa shape index (κ2) is 7.85. The maximum Gasteiger partial charge on any atom is 0.257 e. The Bertz CT molecular complexity index is 1250. The molecule has 0 aliphatic rings. The average Bonchev–Trinajstić information content (AvgIpc) is 3.32. The minimum Gasteiger partial charge on any atom is -0.491 e. The number of H-pyrrole nitrogens is 1. The maximum absolute atomic E-state index is 11.3. The Morgan fingerprint density at radius 1 is 1.33 bits per heavy atom. The van der Waals surface area contributed by atoms with Gasteiger partial charge in [-0.15, -0.1) is 0 Å². The number of aromatic nitrogens is 4. The lowest BCUT2D eigenvalue weighted by Crippen LogP contribution is -2.28. The third-order valence-corrected chi connectivity index (χ3v) is 5.16. The third kappa shape index (κ3) is 3.42. The SMILES string of the molecule is COc1cc2c(nc1OC)c(-c1cc3c(Cl)ccnc3[nH]1)cn2COC(C)C(N)=O.